The molecule has 0 saturated carbocycles. The molecule has 0 saturated heterocycles. The van der Waals surface area contributed by atoms with Crippen LogP contribution < -0.4 is 15.2 Å². The first-order valence-electron chi connectivity index (χ1n) is 5.64. The lowest BCUT2D eigenvalue weighted by molar-refractivity contribution is 0.409. The predicted octanol–water partition coefficient (Wildman–Crippen LogP) is 4.47. The molecule has 3 nitrogen and oxygen atoms in total. The molecule has 2 rings (SSSR count). The Hall–Kier alpha value is -1.04. The maximum absolute atomic E-state index is 5.82. The lowest BCUT2D eigenvalue weighted by atomic mass is 10.2. The summed E-state index contributed by atoms with van der Waals surface area (Å²) in [6, 6.07) is 11.4. The Morgan fingerprint density at radius 3 is 2.16 bits per heavy atom. The van der Waals surface area contributed by atoms with Gasteiger partial charge in [0.25, 0.3) is 0 Å². The normalized spacial score (nSPS) is 10.3. The molecule has 0 heterocycles. The smallest absolute Gasteiger partial charge is 0.143 e. The van der Waals surface area contributed by atoms with Crippen molar-refractivity contribution in [2.45, 2.75) is 6.54 Å². The van der Waals surface area contributed by atoms with Gasteiger partial charge in [0, 0.05) is 6.54 Å². The molecule has 0 fully saturated rings. The van der Waals surface area contributed by atoms with Gasteiger partial charge in [-0.3, -0.25) is 0 Å². The van der Waals surface area contributed by atoms with Gasteiger partial charge in [-0.2, -0.15) is 0 Å². The van der Waals surface area contributed by atoms with Gasteiger partial charge in [-0.25, -0.2) is 0 Å². The predicted molar refractivity (Wildman–Crippen MR) is 82.8 cm³/mol. The summed E-state index contributed by atoms with van der Waals surface area (Å²) >= 11 is 6.90. The lowest BCUT2D eigenvalue weighted by Gasteiger charge is -2.11. The van der Waals surface area contributed by atoms with Crippen LogP contribution in [0, 0.1) is 0 Å². The molecule has 0 unspecified atom stereocenters. The fourth-order valence-corrected chi connectivity index (χ4v) is 2.45. The van der Waals surface area contributed by atoms with E-state index < -0.39 is 0 Å². The van der Waals surface area contributed by atoms with Crippen LogP contribution >= 0.6 is 31.9 Å². The van der Waals surface area contributed by atoms with E-state index in [-0.39, 0.29) is 0 Å². The largest absolute Gasteiger partial charge is 0.496 e. The number of hydrogen-bond donors (Lipinski definition) is 1. The molecule has 0 aromatic heterocycles. The van der Waals surface area contributed by atoms with Crippen molar-refractivity contribution >= 4 is 31.9 Å². The highest BCUT2D eigenvalue weighted by atomic mass is 79.9. The molecule has 2 aromatic carbocycles. The number of rotatable bonds is 4. The zero-order chi connectivity index (χ0) is 13.8. The van der Waals surface area contributed by atoms with Crippen LogP contribution in [0.1, 0.15) is 5.56 Å². The van der Waals surface area contributed by atoms with Crippen LogP contribution in [0.2, 0.25) is 0 Å². The molecule has 2 aromatic rings. The van der Waals surface area contributed by atoms with Crippen LogP contribution in [0.15, 0.2) is 45.3 Å². The Bertz CT molecular complexity index is 570. The Labute approximate surface area is 129 Å². The molecule has 0 atom stereocenters. The van der Waals surface area contributed by atoms with Crippen molar-refractivity contribution in [1.82, 2.24) is 0 Å². The molecule has 100 valence electrons. The molecular formula is C14H13Br2NO2. The zero-order valence-corrected chi connectivity index (χ0v) is 13.5. The summed E-state index contributed by atoms with van der Waals surface area (Å²) in [4.78, 5) is 0. The van der Waals surface area contributed by atoms with Crippen LogP contribution in [0.5, 0.6) is 17.2 Å². The van der Waals surface area contributed by atoms with Crippen LogP contribution in [0.4, 0.5) is 0 Å². The third-order valence-corrected chi connectivity index (χ3v) is 3.83. The van der Waals surface area contributed by atoms with E-state index in [1.165, 1.54) is 0 Å². The van der Waals surface area contributed by atoms with Crippen LogP contribution in [0.3, 0.4) is 0 Å². The Balaban J connectivity index is 2.25. The van der Waals surface area contributed by atoms with Crippen molar-refractivity contribution in [2.24, 2.45) is 5.73 Å². The maximum atomic E-state index is 5.82. The molecule has 0 aliphatic heterocycles. The van der Waals surface area contributed by atoms with Crippen molar-refractivity contribution < 1.29 is 9.47 Å². The van der Waals surface area contributed by atoms with Crippen LogP contribution in [0.25, 0.3) is 0 Å². The molecule has 0 spiro atoms. The summed E-state index contributed by atoms with van der Waals surface area (Å²) in [5.41, 5.74) is 6.63. The third kappa shape index (κ3) is 3.49. The lowest BCUT2D eigenvalue weighted by Crippen LogP contribution is -1.95. The first kappa shape index (κ1) is 14.4. The topological polar surface area (TPSA) is 44.5 Å². The van der Waals surface area contributed by atoms with E-state index >= 15 is 0 Å². The molecule has 0 amide bonds. The second-order valence-electron chi connectivity index (χ2n) is 3.87. The highest BCUT2D eigenvalue weighted by Crippen LogP contribution is 2.38. The van der Waals surface area contributed by atoms with Crippen molar-refractivity contribution in [2.75, 3.05) is 7.11 Å². The fraction of sp³-hybridized carbons (Fsp3) is 0.143. The van der Waals surface area contributed by atoms with E-state index in [1.807, 2.05) is 36.4 Å². The summed E-state index contributed by atoms with van der Waals surface area (Å²) in [5.74, 6) is 2.22. The summed E-state index contributed by atoms with van der Waals surface area (Å²) in [7, 11) is 1.62. The van der Waals surface area contributed by atoms with Gasteiger partial charge in [0.05, 0.1) is 16.1 Å². The van der Waals surface area contributed by atoms with Gasteiger partial charge < -0.3 is 15.2 Å². The van der Waals surface area contributed by atoms with Crippen molar-refractivity contribution in [3.05, 3.63) is 50.9 Å². The zero-order valence-electron chi connectivity index (χ0n) is 10.3. The highest BCUT2D eigenvalue weighted by molar-refractivity contribution is 9.11. The average molecular weight is 387 g/mol. The molecule has 0 aliphatic rings. The number of methoxy groups -OCH3 is 1. The maximum Gasteiger partial charge on any atom is 0.143 e. The standard InChI is InChI=1S/C14H13Br2NO2/c1-18-13-6-12(16)14(7-11(13)15)19-10-4-2-9(8-17)3-5-10/h2-7H,8,17H2,1H3. The first-order valence-corrected chi connectivity index (χ1v) is 7.22. The van der Waals surface area contributed by atoms with E-state index in [0.29, 0.717) is 12.3 Å². The number of benzene rings is 2. The van der Waals surface area contributed by atoms with Gasteiger partial charge in [0.2, 0.25) is 0 Å². The van der Waals surface area contributed by atoms with Crippen LogP contribution in [-0.2, 0) is 6.54 Å². The van der Waals surface area contributed by atoms with Crippen molar-refractivity contribution in [1.29, 1.82) is 0 Å². The first-order chi connectivity index (χ1) is 9.13. The average Bonchev–Trinajstić information content (AvgIpc) is 2.43. The van der Waals surface area contributed by atoms with Crippen LogP contribution in [-0.4, -0.2) is 7.11 Å². The number of hydrogen-bond acceptors (Lipinski definition) is 3. The SMILES string of the molecule is COc1cc(Br)c(Oc2ccc(CN)cc2)cc1Br. The van der Waals surface area contributed by atoms with Gasteiger partial charge in [-0.1, -0.05) is 12.1 Å². The Morgan fingerprint density at radius 1 is 1.00 bits per heavy atom. The van der Waals surface area contributed by atoms with Gasteiger partial charge in [-0.15, -0.1) is 0 Å². The Kier molecular flexibility index (Phi) is 4.85. The van der Waals surface area contributed by atoms with Gasteiger partial charge >= 0.3 is 0 Å². The quantitative estimate of drug-likeness (QED) is 0.842. The van der Waals surface area contributed by atoms with Gasteiger partial charge in [0.15, 0.2) is 0 Å². The molecule has 0 radical (unpaired) electrons. The molecular weight excluding hydrogens is 374 g/mol. The van der Waals surface area contributed by atoms with E-state index in [2.05, 4.69) is 31.9 Å². The third-order valence-electron chi connectivity index (χ3n) is 2.59. The van der Waals surface area contributed by atoms with Gasteiger partial charge in [0.1, 0.15) is 17.2 Å². The monoisotopic (exact) mass is 385 g/mol. The number of ether oxygens (including phenoxy) is 2. The van der Waals surface area contributed by atoms with E-state index in [9.17, 15) is 0 Å². The number of nitrogens with two attached hydrogens (primary N) is 1. The summed E-state index contributed by atoms with van der Waals surface area (Å²) in [6.07, 6.45) is 0. The van der Waals surface area contributed by atoms with Crippen molar-refractivity contribution in [3.8, 4) is 17.2 Å². The summed E-state index contributed by atoms with van der Waals surface area (Å²) in [5, 5.41) is 0. The Morgan fingerprint density at radius 2 is 1.58 bits per heavy atom. The van der Waals surface area contributed by atoms with Gasteiger partial charge in [-0.05, 0) is 61.7 Å². The fourth-order valence-electron chi connectivity index (χ4n) is 1.57. The summed E-state index contributed by atoms with van der Waals surface area (Å²) < 4.78 is 12.7. The summed E-state index contributed by atoms with van der Waals surface area (Å²) in [6.45, 7) is 0.526. The minimum absolute atomic E-state index is 0.526. The number of halogens is 2. The highest BCUT2D eigenvalue weighted by Gasteiger charge is 2.09. The molecule has 19 heavy (non-hydrogen) atoms. The molecule has 2 N–H and O–H groups in total. The minimum atomic E-state index is 0.526. The minimum Gasteiger partial charge on any atom is -0.496 e. The van der Waals surface area contributed by atoms with E-state index in [1.54, 1.807) is 7.11 Å². The molecule has 0 bridgehead atoms. The molecule has 0 aliphatic carbocycles. The second-order valence-corrected chi connectivity index (χ2v) is 5.58. The van der Waals surface area contributed by atoms with Crippen molar-refractivity contribution in [3.63, 3.8) is 0 Å². The van der Waals surface area contributed by atoms with E-state index in [4.69, 9.17) is 15.2 Å². The van der Waals surface area contributed by atoms with E-state index in [0.717, 1.165) is 26.0 Å². The second kappa shape index (κ2) is 6.41. The molecule has 5 heteroatoms.